The van der Waals surface area contributed by atoms with Crippen LogP contribution in [0.2, 0.25) is 10.0 Å². The van der Waals surface area contributed by atoms with Crippen LogP contribution in [-0.2, 0) is 21.2 Å². The number of hydrogen-bond donors (Lipinski definition) is 2. The zero-order chi connectivity index (χ0) is 22.4. The molecule has 0 bridgehead atoms. The summed E-state index contributed by atoms with van der Waals surface area (Å²) in [4.78, 5) is 12.4. The fourth-order valence-corrected chi connectivity index (χ4v) is 4.75. The van der Waals surface area contributed by atoms with E-state index in [1.54, 1.807) is 37.3 Å². The van der Waals surface area contributed by atoms with E-state index in [0.717, 1.165) is 11.1 Å². The van der Waals surface area contributed by atoms with Gasteiger partial charge in [0.25, 0.3) is 0 Å². The standard InChI is InChI=1S/C23H22Cl2N2O3S/c1-16(18-6-3-2-4-7-18)27-31(29,30)19-13-10-17(11-14-19)12-15-22(28)26-23-20(24)8-5-9-21(23)25/h2-11,13-14,16,27H,12,15H2,1H3,(H,26,28)/t16-/m0/s1. The number of para-hydroxylation sites is 1. The fourth-order valence-electron chi connectivity index (χ4n) is 3.02. The van der Waals surface area contributed by atoms with Crippen molar-refractivity contribution in [2.24, 2.45) is 0 Å². The summed E-state index contributed by atoms with van der Waals surface area (Å²) in [5.41, 5.74) is 2.11. The number of carbonyl (C=O) groups is 1. The Labute approximate surface area is 192 Å². The molecule has 0 spiro atoms. The van der Waals surface area contributed by atoms with E-state index in [0.29, 0.717) is 22.2 Å². The van der Waals surface area contributed by atoms with Crippen LogP contribution < -0.4 is 10.0 Å². The minimum Gasteiger partial charge on any atom is -0.324 e. The van der Waals surface area contributed by atoms with Crippen LogP contribution in [-0.4, -0.2) is 14.3 Å². The van der Waals surface area contributed by atoms with Crippen LogP contribution in [0.1, 0.15) is 30.5 Å². The van der Waals surface area contributed by atoms with Crippen LogP contribution in [0, 0.1) is 0 Å². The summed E-state index contributed by atoms with van der Waals surface area (Å²) in [7, 11) is -3.66. The molecule has 1 amide bonds. The van der Waals surface area contributed by atoms with E-state index in [1.165, 1.54) is 12.1 Å². The summed E-state index contributed by atoms with van der Waals surface area (Å²) in [6, 6.07) is 20.5. The number of carbonyl (C=O) groups excluding carboxylic acids is 1. The van der Waals surface area contributed by atoms with Gasteiger partial charge in [-0.1, -0.05) is 71.7 Å². The van der Waals surface area contributed by atoms with Crippen molar-refractivity contribution in [3.05, 3.63) is 94.0 Å². The number of sulfonamides is 1. The third-order valence-electron chi connectivity index (χ3n) is 4.73. The van der Waals surface area contributed by atoms with Crippen molar-refractivity contribution in [3.63, 3.8) is 0 Å². The molecule has 0 unspecified atom stereocenters. The van der Waals surface area contributed by atoms with Crippen LogP contribution in [0.15, 0.2) is 77.7 Å². The van der Waals surface area contributed by atoms with Gasteiger partial charge in [0.2, 0.25) is 15.9 Å². The quantitative estimate of drug-likeness (QED) is 0.443. The van der Waals surface area contributed by atoms with Crippen LogP contribution >= 0.6 is 23.2 Å². The van der Waals surface area contributed by atoms with Gasteiger partial charge in [0.05, 0.1) is 20.6 Å². The highest BCUT2D eigenvalue weighted by molar-refractivity contribution is 7.89. The molecule has 0 saturated heterocycles. The molecule has 31 heavy (non-hydrogen) atoms. The summed E-state index contributed by atoms with van der Waals surface area (Å²) in [6.07, 6.45) is 0.652. The van der Waals surface area contributed by atoms with E-state index in [-0.39, 0.29) is 23.3 Å². The Morgan fingerprint density at radius 3 is 2.13 bits per heavy atom. The monoisotopic (exact) mass is 476 g/mol. The number of halogens is 2. The summed E-state index contributed by atoms with van der Waals surface area (Å²) < 4.78 is 28.0. The molecule has 8 heteroatoms. The first-order valence-electron chi connectivity index (χ1n) is 9.66. The smallest absolute Gasteiger partial charge is 0.241 e. The van der Waals surface area contributed by atoms with E-state index in [2.05, 4.69) is 10.0 Å². The number of anilines is 1. The second kappa shape index (κ2) is 10.3. The third kappa shape index (κ3) is 6.31. The summed E-state index contributed by atoms with van der Waals surface area (Å²) in [5, 5.41) is 3.45. The van der Waals surface area contributed by atoms with E-state index >= 15 is 0 Å². The van der Waals surface area contributed by atoms with Crippen molar-refractivity contribution < 1.29 is 13.2 Å². The highest BCUT2D eigenvalue weighted by Gasteiger charge is 2.18. The van der Waals surface area contributed by atoms with Gasteiger partial charge < -0.3 is 5.32 Å². The van der Waals surface area contributed by atoms with Gasteiger partial charge >= 0.3 is 0 Å². The fraction of sp³-hybridized carbons (Fsp3) is 0.174. The van der Waals surface area contributed by atoms with Gasteiger partial charge in [-0.3, -0.25) is 4.79 Å². The molecule has 0 aromatic heterocycles. The molecule has 0 radical (unpaired) electrons. The second-order valence-corrected chi connectivity index (χ2v) is 9.57. The number of aryl methyl sites for hydroxylation is 1. The van der Waals surface area contributed by atoms with E-state index in [4.69, 9.17) is 23.2 Å². The Morgan fingerprint density at radius 2 is 1.52 bits per heavy atom. The third-order valence-corrected chi connectivity index (χ3v) is 6.92. The highest BCUT2D eigenvalue weighted by Crippen LogP contribution is 2.30. The largest absolute Gasteiger partial charge is 0.324 e. The molecule has 0 aliphatic carbocycles. The van der Waals surface area contributed by atoms with Crippen LogP contribution in [0.4, 0.5) is 5.69 Å². The summed E-state index contributed by atoms with van der Waals surface area (Å²) >= 11 is 12.1. The lowest BCUT2D eigenvalue weighted by Gasteiger charge is -2.15. The van der Waals surface area contributed by atoms with Crippen molar-refractivity contribution in [3.8, 4) is 0 Å². The Hall–Kier alpha value is -2.38. The molecule has 0 saturated carbocycles. The van der Waals surface area contributed by atoms with Gasteiger partial charge in [0.1, 0.15) is 0 Å². The molecular formula is C23H22Cl2N2O3S. The molecule has 3 rings (SSSR count). The molecule has 3 aromatic rings. The predicted octanol–water partition coefficient (Wildman–Crippen LogP) is 5.60. The average Bonchev–Trinajstić information content (AvgIpc) is 2.75. The minimum atomic E-state index is -3.66. The average molecular weight is 477 g/mol. The van der Waals surface area contributed by atoms with Crippen LogP contribution in [0.3, 0.4) is 0 Å². The molecule has 1 atom stereocenters. The Morgan fingerprint density at radius 1 is 0.903 bits per heavy atom. The molecule has 0 fully saturated rings. The lowest BCUT2D eigenvalue weighted by molar-refractivity contribution is -0.116. The summed E-state index contributed by atoms with van der Waals surface area (Å²) in [5.74, 6) is -0.231. The first-order chi connectivity index (χ1) is 14.8. The Balaban J connectivity index is 1.59. The normalized spacial score (nSPS) is 12.4. The van der Waals surface area contributed by atoms with E-state index in [9.17, 15) is 13.2 Å². The number of amides is 1. The van der Waals surface area contributed by atoms with Gasteiger partial charge in [-0.05, 0) is 48.7 Å². The molecule has 2 N–H and O–H groups in total. The lowest BCUT2D eigenvalue weighted by Crippen LogP contribution is -2.26. The zero-order valence-electron chi connectivity index (χ0n) is 16.8. The number of rotatable bonds is 8. The van der Waals surface area contributed by atoms with Crippen molar-refractivity contribution in [1.82, 2.24) is 4.72 Å². The summed E-state index contributed by atoms with van der Waals surface area (Å²) in [6.45, 7) is 1.80. The number of hydrogen-bond acceptors (Lipinski definition) is 3. The van der Waals surface area contributed by atoms with Gasteiger partial charge in [-0.25, -0.2) is 13.1 Å². The Kier molecular flexibility index (Phi) is 7.73. The molecule has 3 aromatic carbocycles. The lowest BCUT2D eigenvalue weighted by atomic mass is 10.1. The van der Waals surface area contributed by atoms with Crippen molar-refractivity contribution in [1.29, 1.82) is 0 Å². The molecule has 0 heterocycles. The van der Waals surface area contributed by atoms with Crippen molar-refractivity contribution in [2.75, 3.05) is 5.32 Å². The molecule has 5 nitrogen and oxygen atoms in total. The number of benzene rings is 3. The predicted molar refractivity (Wildman–Crippen MR) is 125 cm³/mol. The van der Waals surface area contributed by atoms with Gasteiger partial charge in [-0.15, -0.1) is 0 Å². The topological polar surface area (TPSA) is 75.3 Å². The molecule has 0 aliphatic rings. The van der Waals surface area contributed by atoms with E-state index in [1.807, 2.05) is 30.3 Å². The molecular weight excluding hydrogens is 455 g/mol. The Bertz CT molecular complexity index is 1130. The van der Waals surface area contributed by atoms with E-state index < -0.39 is 10.0 Å². The maximum Gasteiger partial charge on any atom is 0.241 e. The first kappa shape index (κ1) is 23.3. The highest BCUT2D eigenvalue weighted by atomic mass is 35.5. The maximum absolute atomic E-state index is 12.7. The molecule has 162 valence electrons. The van der Waals surface area contributed by atoms with Gasteiger partial charge in [0, 0.05) is 12.5 Å². The van der Waals surface area contributed by atoms with Gasteiger partial charge in [0.15, 0.2) is 0 Å². The minimum absolute atomic E-state index is 0.173. The van der Waals surface area contributed by atoms with Gasteiger partial charge in [-0.2, -0.15) is 0 Å². The zero-order valence-corrected chi connectivity index (χ0v) is 19.1. The van der Waals surface area contributed by atoms with Crippen LogP contribution in [0.25, 0.3) is 0 Å². The number of nitrogens with one attached hydrogen (secondary N) is 2. The van der Waals surface area contributed by atoms with Crippen molar-refractivity contribution >= 4 is 44.8 Å². The maximum atomic E-state index is 12.7. The first-order valence-corrected chi connectivity index (χ1v) is 11.9. The second-order valence-electron chi connectivity index (χ2n) is 7.04. The molecule has 0 aliphatic heterocycles. The SMILES string of the molecule is C[C@H](NS(=O)(=O)c1ccc(CCC(=O)Nc2c(Cl)cccc2Cl)cc1)c1ccccc1. The van der Waals surface area contributed by atoms with Crippen molar-refractivity contribution in [2.45, 2.75) is 30.7 Å². The van der Waals surface area contributed by atoms with Crippen LogP contribution in [0.5, 0.6) is 0 Å².